The summed E-state index contributed by atoms with van der Waals surface area (Å²) in [6.07, 6.45) is 3.83. The zero-order chi connectivity index (χ0) is 21.3. The van der Waals surface area contributed by atoms with Crippen LogP contribution in [0.15, 0.2) is 48.8 Å². The number of carbonyl (C=O) groups excluding carboxylic acids is 1. The molecule has 0 fully saturated rings. The third-order valence-electron chi connectivity index (χ3n) is 5.52. The second kappa shape index (κ2) is 7.90. The van der Waals surface area contributed by atoms with Crippen LogP contribution in [-0.2, 0) is 5.54 Å². The average molecular weight is 393 g/mol. The van der Waals surface area contributed by atoms with E-state index in [1.54, 1.807) is 11.1 Å². The Labute approximate surface area is 173 Å². The van der Waals surface area contributed by atoms with Crippen molar-refractivity contribution in [3.63, 3.8) is 0 Å². The van der Waals surface area contributed by atoms with Crippen LogP contribution in [0.4, 0.5) is 10.5 Å². The fourth-order valence-electron chi connectivity index (χ4n) is 4.01. The van der Waals surface area contributed by atoms with Gasteiger partial charge in [0.05, 0.1) is 17.8 Å². The molecule has 2 heterocycles. The Morgan fingerprint density at radius 2 is 1.69 bits per heavy atom. The summed E-state index contributed by atoms with van der Waals surface area (Å²) in [5, 5.41) is 1.08. The molecule has 1 aromatic carbocycles. The molecule has 0 aliphatic heterocycles. The molecule has 2 aromatic heterocycles. The van der Waals surface area contributed by atoms with Gasteiger partial charge in [0.25, 0.3) is 0 Å². The average Bonchev–Trinajstić information content (AvgIpc) is 3.10. The van der Waals surface area contributed by atoms with E-state index < -0.39 is 11.6 Å². The third kappa shape index (κ3) is 4.00. The van der Waals surface area contributed by atoms with Gasteiger partial charge in [0.2, 0.25) is 0 Å². The van der Waals surface area contributed by atoms with E-state index in [-0.39, 0.29) is 11.8 Å². The summed E-state index contributed by atoms with van der Waals surface area (Å²) in [4.78, 5) is 19.0. The quantitative estimate of drug-likeness (QED) is 0.593. The largest absolute Gasteiger partial charge is 0.351 e. The fraction of sp³-hybridized carbons (Fsp3) is 0.417. The van der Waals surface area contributed by atoms with Gasteiger partial charge in [0.1, 0.15) is 5.65 Å². The molecule has 3 rings (SSSR count). The Morgan fingerprint density at radius 1 is 1.07 bits per heavy atom. The minimum Gasteiger partial charge on any atom is -0.351 e. The smallest absolute Gasteiger partial charge is 0.319 e. The van der Waals surface area contributed by atoms with Crippen molar-refractivity contribution in [2.45, 2.75) is 58.9 Å². The molecule has 0 aliphatic rings. The van der Waals surface area contributed by atoms with E-state index >= 15 is 0 Å². The first-order valence-corrected chi connectivity index (χ1v) is 10.3. The topological polar surface area (TPSA) is 64.2 Å². The number of carbonyl (C=O) groups is 1. The molecule has 0 bridgehead atoms. The molecule has 154 valence electrons. The van der Waals surface area contributed by atoms with E-state index in [9.17, 15) is 4.79 Å². The van der Waals surface area contributed by atoms with Crippen molar-refractivity contribution in [3.8, 4) is 0 Å². The molecule has 5 nitrogen and oxygen atoms in total. The van der Waals surface area contributed by atoms with Gasteiger partial charge < -0.3 is 10.3 Å². The SMILES string of the molecule is CC(C)c1cccc(C(C)C)c1N(CC(C)(C)n1ccc2cccnc21)C(N)=O. The number of hydrogen-bond acceptors (Lipinski definition) is 2. The van der Waals surface area contributed by atoms with Crippen LogP contribution in [0.25, 0.3) is 11.0 Å². The van der Waals surface area contributed by atoms with E-state index in [4.69, 9.17) is 5.73 Å². The van der Waals surface area contributed by atoms with Crippen LogP contribution in [0.3, 0.4) is 0 Å². The Hall–Kier alpha value is -2.82. The predicted molar refractivity (Wildman–Crippen MR) is 121 cm³/mol. The summed E-state index contributed by atoms with van der Waals surface area (Å²) in [7, 11) is 0. The highest BCUT2D eigenvalue weighted by Crippen LogP contribution is 2.37. The van der Waals surface area contributed by atoms with E-state index in [2.05, 4.69) is 75.4 Å². The number of hydrogen-bond donors (Lipinski definition) is 1. The monoisotopic (exact) mass is 392 g/mol. The number of nitrogens with two attached hydrogens (primary N) is 1. The molecule has 0 saturated heterocycles. The van der Waals surface area contributed by atoms with Gasteiger partial charge >= 0.3 is 6.03 Å². The second-order valence-electron chi connectivity index (χ2n) is 8.93. The molecule has 3 aromatic rings. The number of nitrogens with zero attached hydrogens (tertiary/aromatic N) is 3. The van der Waals surface area contributed by atoms with Crippen molar-refractivity contribution < 1.29 is 4.79 Å². The van der Waals surface area contributed by atoms with Gasteiger partial charge in [0, 0.05) is 17.8 Å². The Kier molecular flexibility index (Phi) is 5.69. The lowest BCUT2D eigenvalue weighted by Crippen LogP contribution is -2.47. The second-order valence-corrected chi connectivity index (χ2v) is 8.93. The zero-order valence-electron chi connectivity index (χ0n) is 18.3. The van der Waals surface area contributed by atoms with Crippen LogP contribution in [0.2, 0.25) is 0 Å². The highest BCUT2D eigenvalue weighted by molar-refractivity contribution is 5.93. The number of pyridine rings is 1. The van der Waals surface area contributed by atoms with Crippen LogP contribution in [-0.4, -0.2) is 22.1 Å². The number of urea groups is 1. The van der Waals surface area contributed by atoms with Crippen molar-refractivity contribution in [2.75, 3.05) is 11.4 Å². The number of anilines is 1. The summed E-state index contributed by atoms with van der Waals surface area (Å²) in [5.41, 5.74) is 9.68. The Morgan fingerprint density at radius 3 is 2.24 bits per heavy atom. The molecule has 0 unspecified atom stereocenters. The Bertz CT molecular complexity index is 990. The molecule has 0 spiro atoms. The standard InChI is InChI=1S/C24H32N4O/c1-16(2)19-10-7-11-20(17(3)4)21(19)27(23(25)29)15-24(5,6)28-14-12-18-9-8-13-26-22(18)28/h7-14,16-17H,15H2,1-6H3,(H2,25,29). The van der Waals surface area contributed by atoms with Crippen molar-refractivity contribution in [1.29, 1.82) is 0 Å². The van der Waals surface area contributed by atoms with Gasteiger partial charge in [-0.3, -0.25) is 4.90 Å². The van der Waals surface area contributed by atoms with Crippen LogP contribution in [0, 0.1) is 0 Å². The van der Waals surface area contributed by atoms with Gasteiger partial charge in [-0.25, -0.2) is 9.78 Å². The predicted octanol–water partition coefficient (Wildman–Crippen LogP) is 5.60. The van der Waals surface area contributed by atoms with Gasteiger partial charge in [-0.05, 0) is 55.0 Å². The minimum absolute atomic E-state index is 0.280. The molecular weight excluding hydrogens is 360 g/mol. The molecule has 0 radical (unpaired) electrons. The van der Waals surface area contributed by atoms with Crippen molar-refractivity contribution in [1.82, 2.24) is 9.55 Å². The maximum atomic E-state index is 12.7. The molecular formula is C24H32N4O. The summed E-state index contributed by atoms with van der Waals surface area (Å²) in [5.74, 6) is 0.561. The van der Waals surface area contributed by atoms with Crippen LogP contribution >= 0.6 is 0 Å². The van der Waals surface area contributed by atoms with Crippen molar-refractivity contribution >= 4 is 22.8 Å². The number of benzene rings is 1. The summed E-state index contributed by atoms with van der Waals surface area (Å²) >= 11 is 0. The summed E-state index contributed by atoms with van der Waals surface area (Å²) < 4.78 is 2.13. The van der Waals surface area contributed by atoms with Gasteiger partial charge in [-0.15, -0.1) is 0 Å². The maximum Gasteiger partial charge on any atom is 0.319 e. The molecule has 2 amide bonds. The highest BCUT2D eigenvalue weighted by atomic mass is 16.2. The Balaban J connectivity index is 2.11. The number of aromatic nitrogens is 2. The first-order valence-electron chi connectivity index (χ1n) is 10.3. The number of rotatable bonds is 6. The van der Waals surface area contributed by atoms with E-state index in [1.165, 1.54) is 0 Å². The van der Waals surface area contributed by atoms with Gasteiger partial charge in [0.15, 0.2) is 0 Å². The molecule has 5 heteroatoms. The molecule has 0 aliphatic carbocycles. The molecule has 0 atom stereocenters. The lowest BCUT2D eigenvalue weighted by atomic mass is 9.91. The number of fused-ring (bicyclic) bond motifs is 1. The van der Waals surface area contributed by atoms with E-state index in [0.717, 1.165) is 27.8 Å². The molecule has 2 N–H and O–H groups in total. The van der Waals surface area contributed by atoms with Gasteiger partial charge in [-0.1, -0.05) is 45.9 Å². The van der Waals surface area contributed by atoms with Gasteiger partial charge in [-0.2, -0.15) is 0 Å². The normalized spacial score (nSPS) is 12.1. The lowest BCUT2D eigenvalue weighted by molar-refractivity contribution is 0.249. The third-order valence-corrected chi connectivity index (χ3v) is 5.52. The van der Waals surface area contributed by atoms with Crippen LogP contribution < -0.4 is 10.6 Å². The van der Waals surface area contributed by atoms with Crippen LogP contribution in [0.5, 0.6) is 0 Å². The minimum atomic E-state index is -0.433. The zero-order valence-corrected chi connectivity index (χ0v) is 18.3. The number of primary amides is 1. The summed E-state index contributed by atoms with van der Waals surface area (Å²) in [6.45, 7) is 13.3. The number of para-hydroxylation sites is 1. The lowest BCUT2D eigenvalue weighted by Gasteiger charge is -2.36. The first kappa shape index (κ1) is 20.9. The highest BCUT2D eigenvalue weighted by Gasteiger charge is 2.31. The van der Waals surface area contributed by atoms with E-state index in [1.807, 2.05) is 18.3 Å². The van der Waals surface area contributed by atoms with E-state index in [0.29, 0.717) is 6.54 Å². The summed E-state index contributed by atoms with van der Waals surface area (Å²) in [6, 6.07) is 11.9. The first-order chi connectivity index (χ1) is 13.6. The maximum absolute atomic E-state index is 12.7. The van der Waals surface area contributed by atoms with Crippen molar-refractivity contribution in [2.24, 2.45) is 5.73 Å². The fourth-order valence-corrected chi connectivity index (χ4v) is 4.01. The molecule has 0 saturated carbocycles. The molecule has 29 heavy (non-hydrogen) atoms. The van der Waals surface area contributed by atoms with Crippen LogP contribution in [0.1, 0.15) is 64.5 Å². The van der Waals surface area contributed by atoms with Crippen molar-refractivity contribution in [3.05, 3.63) is 59.9 Å². The number of amides is 2.